The molecule has 0 unspecified atom stereocenters. The molecule has 150 valence electrons. The molecule has 1 amide bonds. The topological polar surface area (TPSA) is 46.9 Å². The van der Waals surface area contributed by atoms with Crippen LogP contribution < -0.4 is 5.32 Å². The monoisotopic (exact) mass is 395 g/mol. The Bertz CT molecular complexity index is 1120. The molecule has 0 aliphatic carbocycles. The number of para-hydroxylation sites is 1. The predicted molar refractivity (Wildman–Crippen MR) is 121 cm³/mol. The summed E-state index contributed by atoms with van der Waals surface area (Å²) >= 11 is 0. The molecule has 0 saturated carbocycles. The van der Waals surface area contributed by atoms with Crippen LogP contribution in [0.5, 0.6) is 0 Å². The van der Waals surface area contributed by atoms with Crippen molar-refractivity contribution in [2.45, 2.75) is 26.3 Å². The molecule has 4 heteroatoms. The van der Waals surface area contributed by atoms with Crippen LogP contribution in [0.2, 0.25) is 0 Å². The van der Waals surface area contributed by atoms with E-state index in [0.717, 1.165) is 28.9 Å². The highest BCUT2D eigenvalue weighted by molar-refractivity contribution is 6.01. The Labute approximate surface area is 177 Å². The number of carbonyl (C=O) groups is 1. The fourth-order valence-corrected chi connectivity index (χ4v) is 3.73. The summed E-state index contributed by atoms with van der Waals surface area (Å²) in [4.78, 5) is 13.5. The first kappa shape index (κ1) is 19.6. The molecule has 1 atom stereocenters. The van der Waals surface area contributed by atoms with Gasteiger partial charge in [0, 0.05) is 5.56 Å². The summed E-state index contributed by atoms with van der Waals surface area (Å²) in [5.41, 5.74) is 5.08. The van der Waals surface area contributed by atoms with Crippen molar-refractivity contribution >= 4 is 5.91 Å². The fraction of sp³-hybridized carbons (Fsp3) is 0.154. The van der Waals surface area contributed by atoms with E-state index in [4.69, 9.17) is 5.10 Å². The van der Waals surface area contributed by atoms with Crippen molar-refractivity contribution in [1.82, 2.24) is 15.1 Å². The van der Waals surface area contributed by atoms with E-state index >= 15 is 0 Å². The van der Waals surface area contributed by atoms with Crippen molar-refractivity contribution in [3.63, 3.8) is 0 Å². The lowest BCUT2D eigenvalue weighted by atomic mass is 10.0. The predicted octanol–water partition coefficient (Wildman–Crippen LogP) is 5.73. The van der Waals surface area contributed by atoms with Crippen molar-refractivity contribution in [2.24, 2.45) is 0 Å². The van der Waals surface area contributed by atoms with Crippen LogP contribution >= 0.6 is 0 Å². The van der Waals surface area contributed by atoms with E-state index in [2.05, 4.69) is 12.2 Å². The molecule has 0 saturated heterocycles. The number of aromatic nitrogens is 2. The molecular weight excluding hydrogens is 370 g/mol. The number of hydrogen-bond donors (Lipinski definition) is 1. The SMILES string of the molecule is CC[C@H](NC(=O)c1c(-c2ccccc2)nn(-c2ccccc2)c1C)c1ccccc1. The second-order valence-corrected chi connectivity index (χ2v) is 7.27. The van der Waals surface area contributed by atoms with E-state index < -0.39 is 0 Å². The van der Waals surface area contributed by atoms with Crippen molar-refractivity contribution in [3.05, 3.63) is 108 Å². The van der Waals surface area contributed by atoms with Crippen LogP contribution in [0, 0.1) is 6.92 Å². The van der Waals surface area contributed by atoms with Gasteiger partial charge in [0.1, 0.15) is 5.69 Å². The molecule has 0 radical (unpaired) electrons. The van der Waals surface area contributed by atoms with Gasteiger partial charge in [-0.05, 0) is 31.0 Å². The fourth-order valence-electron chi connectivity index (χ4n) is 3.73. The van der Waals surface area contributed by atoms with Gasteiger partial charge >= 0.3 is 0 Å². The molecule has 4 nitrogen and oxygen atoms in total. The Morgan fingerprint density at radius 3 is 2.07 bits per heavy atom. The first-order valence-electron chi connectivity index (χ1n) is 10.2. The lowest BCUT2D eigenvalue weighted by Gasteiger charge is -2.18. The standard InChI is InChI=1S/C26H25N3O/c1-3-23(20-13-7-4-8-14-20)27-26(30)24-19(2)29(22-17-11-6-12-18-22)28-25(24)21-15-9-5-10-16-21/h4-18,23H,3H2,1-2H3,(H,27,30)/t23-/m0/s1. The van der Waals surface area contributed by atoms with Gasteiger partial charge in [-0.3, -0.25) is 4.79 Å². The summed E-state index contributed by atoms with van der Waals surface area (Å²) in [5, 5.41) is 8.06. The Hall–Kier alpha value is -3.66. The van der Waals surface area contributed by atoms with E-state index in [0.29, 0.717) is 11.3 Å². The molecule has 4 aromatic rings. The summed E-state index contributed by atoms with van der Waals surface area (Å²) in [7, 11) is 0. The lowest BCUT2D eigenvalue weighted by molar-refractivity contribution is 0.0935. The van der Waals surface area contributed by atoms with Gasteiger partial charge in [-0.25, -0.2) is 4.68 Å². The minimum atomic E-state index is -0.107. The van der Waals surface area contributed by atoms with Crippen molar-refractivity contribution in [1.29, 1.82) is 0 Å². The number of nitrogens with one attached hydrogen (secondary N) is 1. The van der Waals surface area contributed by atoms with E-state index in [1.54, 1.807) is 0 Å². The van der Waals surface area contributed by atoms with Gasteiger partial charge in [-0.15, -0.1) is 0 Å². The van der Waals surface area contributed by atoms with E-state index in [1.165, 1.54) is 0 Å². The van der Waals surface area contributed by atoms with Crippen LogP contribution in [-0.2, 0) is 0 Å². The third-order valence-corrected chi connectivity index (χ3v) is 5.31. The van der Waals surface area contributed by atoms with Gasteiger partial charge < -0.3 is 5.32 Å². The quantitative estimate of drug-likeness (QED) is 0.453. The number of benzene rings is 3. The van der Waals surface area contributed by atoms with Crippen LogP contribution in [-0.4, -0.2) is 15.7 Å². The van der Waals surface area contributed by atoms with Crippen molar-refractivity contribution in [2.75, 3.05) is 0 Å². The molecule has 1 aromatic heterocycles. The third kappa shape index (κ3) is 3.90. The molecule has 3 aromatic carbocycles. The highest BCUT2D eigenvalue weighted by Gasteiger charge is 2.25. The van der Waals surface area contributed by atoms with Gasteiger partial charge in [0.05, 0.1) is 23.0 Å². The molecule has 0 bridgehead atoms. The molecule has 0 aliphatic heterocycles. The maximum absolute atomic E-state index is 13.5. The average molecular weight is 396 g/mol. The number of rotatable bonds is 6. The Kier molecular flexibility index (Phi) is 5.75. The zero-order chi connectivity index (χ0) is 20.9. The summed E-state index contributed by atoms with van der Waals surface area (Å²) < 4.78 is 1.85. The highest BCUT2D eigenvalue weighted by atomic mass is 16.1. The Morgan fingerprint density at radius 2 is 1.47 bits per heavy atom. The second kappa shape index (κ2) is 8.78. The molecular formula is C26H25N3O. The summed E-state index contributed by atoms with van der Waals surface area (Å²) in [6, 6.07) is 29.8. The van der Waals surface area contributed by atoms with E-state index in [9.17, 15) is 4.79 Å². The summed E-state index contributed by atoms with van der Waals surface area (Å²) in [6.45, 7) is 4.03. The smallest absolute Gasteiger partial charge is 0.255 e. The van der Waals surface area contributed by atoms with Crippen LogP contribution in [0.4, 0.5) is 0 Å². The maximum atomic E-state index is 13.5. The van der Waals surface area contributed by atoms with Gasteiger partial charge in [0.25, 0.3) is 5.91 Å². The number of hydrogen-bond acceptors (Lipinski definition) is 2. The van der Waals surface area contributed by atoms with E-state index in [-0.39, 0.29) is 11.9 Å². The normalized spacial score (nSPS) is 11.8. The molecule has 0 fully saturated rings. The molecule has 1 heterocycles. The zero-order valence-electron chi connectivity index (χ0n) is 17.2. The Balaban J connectivity index is 1.77. The van der Waals surface area contributed by atoms with Crippen LogP contribution in [0.15, 0.2) is 91.0 Å². The van der Waals surface area contributed by atoms with Crippen LogP contribution in [0.1, 0.15) is 41.0 Å². The first-order chi connectivity index (χ1) is 14.7. The summed E-state index contributed by atoms with van der Waals surface area (Å²) in [5.74, 6) is -0.107. The zero-order valence-corrected chi connectivity index (χ0v) is 17.2. The van der Waals surface area contributed by atoms with Gasteiger partial charge in [0.2, 0.25) is 0 Å². The van der Waals surface area contributed by atoms with Crippen molar-refractivity contribution in [3.8, 4) is 16.9 Å². The lowest BCUT2D eigenvalue weighted by Crippen LogP contribution is -2.29. The largest absolute Gasteiger partial charge is 0.345 e. The van der Waals surface area contributed by atoms with Gasteiger partial charge in [-0.2, -0.15) is 5.10 Å². The molecule has 0 spiro atoms. The minimum absolute atomic E-state index is 0.0539. The maximum Gasteiger partial charge on any atom is 0.255 e. The van der Waals surface area contributed by atoms with Crippen molar-refractivity contribution < 1.29 is 4.79 Å². The number of amides is 1. The molecule has 30 heavy (non-hydrogen) atoms. The number of carbonyl (C=O) groups excluding carboxylic acids is 1. The van der Waals surface area contributed by atoms with Gasteiger partial charge in [0.15, 0.2) is 0 Å². The van der Waals surface area contributed by atoms with Crippen LogP contribution in [0.3, 0.4) is 0 Å². The van der Waals surface area contributed by atoms with E-state index in [1.807, 2.05) is 103 Å². The second-order valence-electron chi connectivity index (χ2n) is 7.27. The summed E-state index contributed by atoms with van der Waals surface area (Å²) in [6.07, 6.45) is 0.808. The molecule has 0 aliphatic rings. The number of nitrogens with zero attached hydrogens (tertiary/aromatic N) is 2. The average Bonchev–Trinajstić information content (AvgIpc) is 3.16. The third-order valence-electron chi connectivity index (χ3n) is 5.31. The minimum Gasteiger partial charge on any atom is -0.345 e. The van der Waals surface area contributed by atoms with Crippen LogP contribution in [0.25, 0.3) is 16.9 Å². The Morgan fingerprint density at radius 1 is 0.900 bits per heavy atom. The molecule has 1 N–H and O–H groups in total. The van der Waals surface area contributed by atoms with Gasteiger partial charge in [-0.1, -0.05) is 85.8 Å². The highest BCUT2D eigenvalue weighted by Crippen LogP contribution is 2.28. The first-order valence-corrected chi connectivity index (χ1v) is 10.2. The molecule has 4 rings (SSSR count).